The molecule has 1 aliphatic heterocycles. The SMILES string of the molecule is Cc1noc(C)c1C1CCCN1C(=O)c1cccc(C(F)(F)F)c1. The maximum Gasteiger partial charge on any atom is 0.416 e. The predicted molar refractivity (Wildman–Crippen MR) is 80.4 cm³/mol. The Kier molecular flexibility index (Phi) is 4.11. The number of halogens is 3. The molecule has 2 heterocycles. The van der Waals surface area contributed by atoms with E-state index >= 15 is 0 Å². The first-order valence-corrected chi connectivity index (χ1v) is 7.70. The molecule has 0 bridgehead atoms. The van der Waals surface area contributed by atoms with Crippen LogP contribution < -0.4 is 0 Å². The van der Waals surface area contributed by atoms with Crippen LogP contribution in [0.1, 0.15) is 51.8 Å². The smallest absolute Gasteiger partial charge is 0.361 e. The zero-order valence-corrected chi connectivity index (χ0v) is 13.4. The molecule has 128 valence electrons. The Hall–Kier alpha value is -2.31. The van der Waals surface area contributed by atoms with Crippen molar-refractivity contribution in [3.05, 3.63) is 52.4 Å². The van der Waals surface area contributed by atoms with Crippen molar-refractivity contribution in [2.24, 2.45) is 0 Å². The molecule has 24 heavy (non-hydrogen) atoms. The van der Waals surface area contributed by atoms with Crippen LogP contribution in [0, 0.1) is 13.8 Å². The van der Waals surface area contributed by atoms with Crippen LogP contribution in [0.5, 0.6) is 0 Å². The van der Waals surface area contributed by atoms with Gasteiger partial charge in [-0.2, -0.15) is 13.2 Å². The second-order valence-electron chi connectivity index (χ2n) is 5.97. The summed E-state index contributed by atoms with van der Waals surface area (Å²) >= 11 is 0. The van der Waals surface area contributed by atoms with Crippen LogP contribution in [0.4, 0.5) is 13.2 Å². The van der Waals surface area contributed by atoms with E-state index in [1.165, 1.54) is 12.1 Å². The molecule has 0 saturated carbocycles. The van der Waals surface area contributed by atoms with E-state index < -0.39 is 17.6 Å². The van der Waals surface area contributed by atoms with Gasteiger partial charge in [0.1, 0.15) is 5.76 Å². The first-order valence-electron chi connectivity index (χ1n) is 7.70. The van der Waals surface area contributed by atoms with Crippen LogP contribution in [0.3, 0.4) is 0 Å². The summed E-state index contributed by atoms with van der Waals surface area (Å²) in [6.45, 7) is 4.08. The Morgan fingerprint density at radius 2 is 2.08 bits per heavy atom. The summed E-state index contributed by atoms with van der Waals surface area (Å²) < 4.78 is 43.8. The first kappa shape index (κ1) is 16.5. The van der Waals surface area contributed by atoms with E-state index in [0.29, 0.717) is 18.0 Å². The second kappa shape index (κ2) is 5.96. The molecule has 4 nitrogen and oxygen atoms in total. The van der Waals surface area contributed by atoms with Gasteiger partial charge in [0.15, 0.2) is 0 Å². The molecule has 1 unspecified atom stereocenters. The van der Waals surface area contributed by atoms with E-state index in [4.69, 9.17) is 4.52 Å². The summed E-state index contributed by atoms with van der Waals surface area (Å²) in [5.74, 6) is 0.241. The number of nitrogens with zero attached hydrogens (tertiary/aromatic N) is 2. The number of hydrogen-bond acceptors (Lipinski definition) is 3. The summed E-state index contributed by atoms with van der Waals surface area (Å²) in [4.78, 5) is 14.4. The molecule has 1 amide bonds. The van der Waals surface area contributed by atoms with Gasteiger partial charge in [0.25, 0.3) is 5.91 Å². The van der Waals surface area contributed by atoms with Crippen LogP contribution in [-0.4, -0.2) is 22.5 Å². The number of likely N-dealkylation sites (tertiary alicyclic amines) is 1. The molecule has 1 aromatic carbocycles. The molecule has 1 aromatic heterocycles. The highest BCUT2D eigenvalue weighted by Gasteiger charge is 2.36. The van der Waals surface area contributed by atoms with Crippen molar-refractivity contribution in [1.82, 2.24) is 10.1 Å². The van der Waals surface area contributed by atoms with Crippen LogP contribution in [-0.2, 0) is 6.18 Å². The summed E-state index contributed by atoms with van der Waals surface area (Å²) in [5.41, 5.74) is 0.791. The van der Waals surface area contributed by atoms with E-state index in [-0.39, 0.29) is 11.6 Å². The number of rotatable bonds is 2. The van der Waals surface area contributed by atoms with Crippen molar-refractivity contribution < 1.29 is 22.5 Å². The van der Waals surface area contributed by atoms with Gasteiger partial charge in [-0.3, -0.25) is 4.79 Å². The maximum atomic E-state index is 12.9. The van der Waals surface area contributed by atoms with Gasteiger partial charge < -0.3 is 9.42 Å². The summed E-state index contributed by atoms with van der Waals surface area (Å²) in [6, 6.07) is 4.34. The Balaban J connectivity index is 1.92. The fourth-order valence-corrected chi connectivity index (χ4v) is 3.27. The van der Waals surface area contributed by atoms with Crippen molar-refractivity contribution in [3.63, 3.8) is 0 Å². The van der Waals surface area contributed by atoms with Gasteiger partial charge in [0, 0.05) is 17.7 Å². The number of alkyl halides is 3. The lowest BCUT2D eigenvalue weighted by Crippen LogP contribution is -2.31. The number of aromatic nitrogens is 1. The molecule has 1 saturated heterocycles. The zero-order valence-electron chi connectivity index (χ0n) is 13.4. The average Bonchev–Trinajstić information content (AvgIpc) is 3.12. The lowest BCUT2D eigenvalue weighted by atomic mass is 10.0. The van der Waals surface area contributed by atoms with Gasteiger partial charge >= 0.3 is 6.18 Å². The molecule has 1 fully saturated rings. The number of hydrogen-bond donors (Lipinski definition) is 0. The van der Waals surface area contributed by atoms with Gasteiger partial charge in [0.2, 0.25) is 0 Å². The Morgan fingerprint density at radius 3 is 2.71 bits per heavy atom. The fraction of sp³-hybridized carbons (Fsp3) is 0.412. The third-order valence-electron chi connectivity index (χ3n) is 4.37. The Labute approximate surface area is 137 Å². The van der Waals surface area contributed by atoms with Gasteiger partial charge in [-0.1, -0.05) is 11.2 Å². The van der Waals surface area contributed by atoms with Crippen LogP contribution in [0.2, 0.25) is 0 Å². The molecule has 1 atom stereocenters. The molecule has 1 aliphatic rings. The van der Waals surface area contributed by atoms with Crippen LogP contribution >= 0.6 is 0 Å². The van der Waals surface area contributed by atoms with Gasteiger partial charge in [-0.15, -0.1) is 0 Å². The monoisotopic (exact) mass is 338 g/mol. The number of amides is 1. The van der Waals surface area contributed by atoms with E-state index in [9.17, 15) is 18.0 Å². The minimum Gasteiger partial charge on any atom is -0.361 e. The number of benzene rings is 1. The largest absolute Gasteiger partial charge is 0.416 e. The highest BCUT2D eigenvalue weighted by atomic mass is 19.4. The summed E-state index contributed by atoms with van der Waals surface area (Å²) in [6.07, 6.45) is -2.94. The van der Waals surface area contributed by atoms with Crippen LogP contribution in [0.15, 0.2) is 28.8 Å². The summed E-state index contributed by atoms with van der Waals surface area (Å²) in [5, 5.41) is 3.91. The second-order valence-corrected chi connectivity index (χ2v) is 5.97. The average molecular weight is 338 g/mol. The molecule has 0 aliphatic carbocycles. The van der Waals surface area contributed by atoms with Crippen molar-refractivity contribution >= 4 is 5.91 Å². The Bertz CT molecular complexity index is 748. The van der Waals surface area contributed by atoms with E-state index in [2.05, 4.69) is 5.16 Å². The van der Waals surface area contributed by atoms with E-state index in [0.717, 1.165) is 30.5 Å². The lowest BCUT2D eigenvalue weighted by molar-refractivity contribution is -0.137. The molecular weight excluding hydrogens is 321 g/mol. The molecule has 0 spiro atoms. The first-order chi connectivity index (χ1) is 11.3. The highest BCUT2D eigenvalue weighted by Crippen LogP contribution is 2.37. The van der Waals surface area contributed by atoms with Crippen LogP contribution in [0.25, 0.3) is 0 Å². The molecule has 3 rings (SSSR count). The molecular formula is C17H17F3N2O2. The topological polar surface area (TPSA) is 46.3 Å². The predicted octanol–water partition coefficient (Wildman–Crippen LogP) is 4.29. The van der Waals surface area contributed by atoms with Crippen molar-refractivity contribution in [1.29, 1.82) is 0 Å². The minimum absolute atomic E-state index is 0.0449. The van der Waals surface area contributed by atoms with Gasteiger partial charge in [-0.25, -0.2) is 0 Å². The lowest BCUT2D eigenvalue weighted by Gasteiger charge is -2.25. The standard InChI is InChI=1S/C17H17F3N2O2/c1-10-15(11(2)24-21-10)14-7-4-8-22(14)16(23)12-5-3-6-13(9-12)17(18,19)20/h3,5-6,9,14H,4,7-8H2,1-2H3. The fourth-order valence-electron chi connectivity index (χ4n) is 3.27. The maximum absolute atomic E-state index is 12.9. The van der Waals surface area contributed by atoms with Gasteiger partial charge in [-0.05, 0) is 44.9 Å². The molecule has 7 heteroatoms. The Morgan fingerprint density at radius 1 is 1.33 bits per heavy atom. The van der Waals surface area contributed by atoms with E-state index in [1.807, 2.05) is 0 Å². The summed E-state index contributed by atoms with van der Waals surface area (Å²) in [7, 11) is 0. The quantitative estimate of drug-likeness (QED) is 0.821. The third kappa shape index (κ3) is 2.90. The van der Waals surface area contributed by atoms with E-state index in [1.54, 1.807) is 18.7 Å². The highest BCUT2D eigenvalue weighted by molar-refractivity contribution is 5.95. The number of aryl methyl sites for hydroxylation is 2. The molecule has 2 aromatic rings. The normalized spacial score (nSPS) is 18.2. The van der Waals surface area contributed by atoms with Crippen molar-refractivity contribution in [2.45, 2.75) is 38.9 Å². The third-order valence-corrected chi connectivity index (χ3v) is 4.37. The molecule has 0 N–H and O–H groups in total. The minimum atomic E-state index is -4.47. The van der Waals surface area contributed by atoms with Crippen molar-refractivity contribution in [3.8, 4) is 0 Å². The number of carbonyl (C=O) groups excluding carboxylic acids is 1. The zero-order chi connectivity index (χ0) is 17.5. The number of carbonyl (C=O) groups is 1. The van der Waals surface area contributed by atoms with Gasteiger partial charge in [0.05, 0.1) is 17.3 Å². The van der Waals surface area contributed by atoms with Crippen molar-refractivity contribution in [2.75, 3.05) is 6.54 Å². The molecule has 0 radical (unpaired) electrons.